The van der Waals surface area contributed by atoms with E-state index in [1.54, 1.807) is 6.07 Å². The minimum absolute atomic E-state index is 0. The molecular weight excluding hydrogens is 375 g/mol. The highest BCUT2D eigenvalue weighted by Gasteiger charge is 2.17. The highest BCUT2D eigenvalue weighted by Crippen LogP contribution is 2.28. The van der Waals surface area contributed by atoms with Gasteiger partial charge in [0.2, 0.25) is 0 Å². The van der Waals surface area contributed by atoms with Crippen molar-refractivity contribution in [1.29, 1.82) is 0 Å². The van der Waals surface area contributed by atoms with Gasteiger partial charge in [-0.15, -0.1) is 12.4 Å². The quantitative estimate of drug-likeness (QED) is 0.436. The van der Waals surface area contributed by atoms with E-state index in [0.717, 1.165) is 30.0 Å². The molecule has 26 heavy (non-hydrogen) atoms. The monoisotopic (exact) mass is 394 g/mol. The molecule has 0 aliphatic heterocycles. The van der Waals surface area contributed by atoms with Gasteiger partial charge in [-0.1, -0.05) is 25.4 Å². The molecule has 3 rings (SSSR count). The molecule has 138 valence electrons. The van der Waals surface area contributed by atoms with E-state index in [-0.39, 0.29) is 18.1 Å². The number of aromatic nitrogens is 2. The molecule has 0 saturated heterocycles. The molecule has 0 aliphatic rings. The van der Waals surface area contributed by atoms with Gasteiger partial charge < -0.3 is 4.57 Å². The van der Waals surface area contributed by atoms with Crippen molar-refractivity contribution in [3.63, 3.8) is 0 Å². The molecule has 8 heteroatoms. The molecule has 0 N–H and O–H groups in total. The zero-order valence-corrected chi connectivity index (χ0v) is 16.1. The maximum absolute atomic E-state index is 11.1. The summed E-state index contributed by atoms with van der Waals surface area (Å²) in [5.74, 6) is 0.777. The van der Waals surface area contributed by atoms with Crippen LogP contribution in [0.25, 0.3) is 22.4 Å². The van der Waals surface area contributed by atoms with E-state index in [0.29, 0.717) is 17.2 Å². The minimum atomic E-state index is -0.398. The number of nitro benzene ring substituents is 1. The summed E-state index contributed by atoms with van der Waals surface area (Å²) >= 11 is 5.99. The van der Waals surface area contributed by atoms with Gasteiger partial charge in [0, 0.05) is 22.7 Å². The average Bonchev–Trinajstić information content (AvgIpc) is 2.97. The Balaban J connectivity index is 0.00000243. The van der Waals surface area contributed by atoms with E-state index < -0.39 is 4.92 Å². The molecule has 6 nitrogen and oxygen atoms in total. The van der Waals surface area contributed by atoms with E-state index in [1.807, 2.05) is 24.3 Å². The fourth-order valence-electron chi connectivity index (χ4n) is 2.82. The van der Waals surface area contributed by atoms with Crippen LogP contribution in [-0.4, -0.2) is 32.5 Å². The molecule has 0 radical (unpaired) electrons. The average molecular weight is 395 g/mol. The van der Waals surface area contributed by atoms with Crippen molar-refractivity contribution in [2.45, 2.75) is 20.5 Å². The van der Waals surface area contributed by atoms with Crippen molar-refractivity contribution in [2.75, 3.05) is 13.1 Å². The normalized spacial score (nSPS) is 10.9. The Morgan fingerprint density at radius 3 is 2.38 bits per heavy atom. The lowest BCUT2D eigenvalue weighted by Gasteiger charge is -2.20. The van der Waals surface area contributed by atoms with Crippen molar-refractivity contribution in [3.8, 4) is 11.4 Å². The lowest BCUT2D eigenvalue weighted by Crippen LogP contribution is -2.26. The second-order valence-electron chi connectivity index (χ2n) is 5.75. The third kappa shape index (κ3) is 3.98. The molecule has 0 saturated carbocycles. The third-order valence-corrected chi connectivity index (χ3v) is 4.53. The molecule has 1 heterocycles. The zero-order valence-electron chi connectivity index (χ0n) is 14.6. The lowest BCUT2D eigenvalue weighted by molar-refractivity contribution is -0.384. The number of non-ortho nitro benzene ring substituents is 1. The summed E-state index contributed by atoms with van der Waals surface area (Å²) in [4.78, 5) is 17.6. The Morgan fingerprint density at radius 1 is 1.15 bits per heavy atom. The van der Waals surface area contributed by atoms with Crippen LogP contribution in [0.5, 0.6) is 0 Å². The van der Waals surface area contributed by atoms with E-state index >= 15 is 0 Å². The molecule has 0 atom stereocenters. The summed E-state index contributed by atoms with van der Waals surface area (Å²) in [6.07, 6.45) is 0. The predicted molar refractivity (Wildman–Crippen MR) is 107 cm³/mol. The van der Waals surface area contributed by atoms with Gasteiger partial charge in [-0.3, -0.25) is 15.0 Å². The summed E-state index contributed by atoms with van der Waals surface area (Å²) in [6.45, 7) is 6.69. The first-order valence-electron chi connectivity index (χ1n) is 8.16. The number of benzene rings is 2. The molecule has 0 fully saturated rings. The zero-order chi connectivity index (χ0) is 18.0. The smallest absolute Gasteiger partial charge is 0.271 e. The van der Waals surface area contributed by atoms with Crippen LogP contribution in [0, 0.1) is 10.1 Å². The fourth-order valence-corrected chi connectivity index (χ4v) is 2.94. The number of hydrogen-bond acceptors (Lipinski definition) is 4. The van der Waals surface area contributed by atoms with Crippen LogP contribution in [0.4, 0.5) is 5.69 Å². The number of halogens is 2. The van der Waals surface area contributed by atoms with Gasteiger partial charge in [-0.2, -0.15) is 0 Å². The van der Waals surface area contributed by atoms with E-state index in [4.69, 9.17) is 11.6 Å². The number of imidazole rings is 1. The highest BCUT2D eigenvalue weighted by molar-refractivity contribution is 6.30. The van der Waals surface area contributed by atoms with Gasteiger partial charge >= 0.3 is 0 Å². The van der Waals surface area contributed by atoms with E-state index in [2.05, 4.69) is 28.3 Å². The first kappa shape index (κ1) is 20.2. The first-order chi connectivity index (χ1) is 12.0. The van der Waals surface area contributed by atoms with Gasteiger partial charge in [0.1, 0.15) is 5.82 Å². The number of nitro groups is 1. The van der Waals surface area contributed by atoms with Crippen LogP contribution in [0.3, 0.4) is 0 Å². The van der Waals surface area contributed by atoms with Crippen molar-refractivity contribution in [1.82, 2.24) is 14.5 Å². The summed E-state index contributed by atoms with van der Waals surface area (Å²) in [7, 11) is 0. The summed E-state index contributed by atoms with van der Waals surface area (Å²) in [5, 5.41) is 11.7. The first-order valence-corrected chi connectivity index (χ1v) is 8.54. The van der Waals surface area contributed by atoms with Gasteiger partial charge in [0.05, 0.1) is 22.6 Å². The standard InChI is InChI=1S/C18H19ClN4O2.ClH/c1-3-21(4-2)12-22-17-10-9-15(23(24)25)11-16(17)20-18(22)13-5-7-14(19)8-6-13;/h5-11H,3-4,12H2,1-2H3;1H. The largest absolute Gasteiger partial charge is 0.310 e. The Bertz CT molecular complexity index is 905. The van der Waals surface area contributed by atoms with Crippen molar-refractivity contribution in [2.24, 2.45) is 0 Å². The number of hydrogen-bond donors (Lipinski definition) is 0. The van der Waals surface area contributed by atoms with Crippen molar-refractivity contribution >= 4 is 40.7 Å². The summed E-state index contributed by atoms with van der Waals surface area (Å²) in [5.41, 5.74) is 2.46. The summed E-state index contributed by atoms with van der Waals surface area (Å²) < 4.78 is 2.09. The van der Waals surface area contributed by atoms with Crippen LogP contribution in [0.15, 0.2) is 42.5 Å². The van der Waals surface area contributed by atoms with Crippen molar-refractivity contribution in [3.05, 3.63) is 57.6 Å². The van der Waals surface area contributed by atoms with Crippen LogP contribution < -0.4 is 0 Å². The molecule has 3 aromatic rings. The highest BCUT2D eigenvalue weighted by atomic mass is 35.5. The predicted octanol–water partition coefficient (Wildman–Crippen LogP) is 4.99. The van der Waals surface area contributed by atoms with Crippen LogP contribution in [-0.2, 0) is 6.67 Å². The Hall–Kier alpha value is -2.15. The lowest BCUT2D eigenvalue weighted by atomic mass is 10.2. The minimum Gasteiger partial charge on any atom is -0.310 e. The third-order valence-electron chi connectivity index (χ3n) is 4.28. The van der Waals surface area contributed by atoms with Gasteiger partial charge in [0.15, 0.2) is 0 Å². The SMILES string of the molecule is CCN(CC)Cn1c(-c2ccc(Cl)cc2)nc2cc([N+](=O)[O-])ccc21.Cl. The molecule has 0 bridgehead atoms. The van der Waals surface area contributed by atoms with Crippen molar-refractivity contribution < 1.29 is 4.92 Å². The molecule has 0 aliphatic carbocycles. The fraction of sp³-hybridized carbons (Fsp3) is 0.278. The Morgan fingerprint density at radius 2 is 1.81 bits per heavy atom. The van der Waals surface area contributed by atoms with Crippen LogP contribution >= 0.6 is 24.0 Å². The molecule has 0 spiro atoms. The van der Waals surface area contributed by atoms with Gasteiger partial charge in [0.25, 0.3) is 5.69 Å². The number of nitrogens with zero attached hydrogens (tertiary/aromatic N) is 4. The van der Waals surface area contributed by atoms with E-state index in [1.165, 1.54) is 12.1 Å². The van der Waals surface area contributed by atoms with Crippen LogP contribution in [0.1, 0.15) is 13.8 Å². The molecule has 0 amide bonds. The van der Waals surface area contributed by atoms with Gasteiger partial charge in [-0.05, 0) is 43.4 Å². The second kappa shape index (κ2) is 8.49. The van der Waals surface area contributed by atoms with Crippen LogP contribution in [0.2, 0.25) is 5.02 Å². The number of rotatable bonds is 6. The van der Waals surface area contributed by atoms with Gasteiger partial charge in [-0.25, -0.2) is 4.98 Å². The topological polar surface area (TPSA) is 64.2 Å². The molecule has 0 unspecified atom stereocenters. The second-order valence-corrected chi connectivity index (χ2v) is 6.18. The maximum atomic E-state index is 11.1. The Labute approximate surface area is 163 Å². The molecular formula is C18H20Cl2N4O2. The summed E-state index contributed by atoms with van der Waals surface area (Å²) in [6, 6.07) is 12.3. The maximum Gasteiger partial charge on any atom is 0.271 e. The van der Waals surface area contributed by atoms with E-state index in [9.17, 15) is 10.1 Å². The number of fused-ring (bicyclic) bond motifs is 1. The molecule has 2 aromatic carbocycles. The Kier molecular flexibility index (Phi) is 6.58. The molecule has 1 aromatic heterocycles.